The number of piperidine rings is 1. The zero-order chi connectivity index (χ0) is 18.0. The molecule has 3 atom stereocenters. The number of likely N-dealkylation sites (tertiary alicyclic amines) is 1. The molecule has 8 heteroatoms. The van der Waals surface area contributed by atoms with E-state index in [9.17, 15) is 13.6 Å². The first-order chi connectivity index (χ1) is 12.0. The maximum Gasteiger partial charge on any atom is 0.260 e. The van der Waals surface area contributed by atoms with Gasteiger partial charge in [0, 0.05) is 32.3 Å². The number of halogens is 2. The largest absolute Gasteiger partial charge is 0.384 e. The highest BCUT2D eigenvalue weighted by molar-refractivity contribution is 5.76. The molecule has 3 heterocycles. The van der Waals surface area contributed by atoms with Crippen LogP contribution in [0.4, 0.5) is 14.6 Å². The molecule has 0 aliphatic carbocycles. The Bertz CT molecular complexity index is 607. The number of alkyl halides is 2. The van der Waals surface area contributed by atoms with E-state index in [0.717, 1.165) is 25.1 Å². The Labute approximate surface area is 146 Å². The number of nitrogens with zero attached hydrogens (tertiary/aromatic N) is 3. The molecule has 0 saturated carbocycles. The Morgan fingerprint density at radius 3 is 3.04 bits per heavy atom. The summed E-state index contributed by atoms with van der Waals surface area (Å²) >= 11 is 0. The van der Waals surface area contributed by atoms with Gasteiger partial charge >= 0.3 is 0 Å². The molecule has 1 N–H and O–H groups in total. The lowest BCUT2D eigenvalue weighted by Gasteiger charge is -2.41. The number of fused-ring (bicyclic) bond motifs is 1. The van der Waals surface area contributed by atoms with Gasteiger partial charge in [0.1, 0.15) is 11.9 Å². The average molecular weight is 356 g/mol. The summed E-state index contributed by atoms with van der Waals surface area (Å²) in [5.41, 5.74) is 0.730. The molecule has 2 aliphatic rings. The van der Waals surface area contributed by atoms with Gasteiger partial charge in [-0.3, -0.25) is 4.79 Å². The lowest BCUT2D eigenvalue weighted by molar-refractivity contribution is -0.134. The summed E-state index contributed by atoms with van der Waals surface area (Å²) in [6.07, 6.45) is 0.0861. The molecule has 0 spiro atoms. The predicted molar refractivity (Wildman–Crippen MR) is 89.8 cm³/mol. The lowest BCUT2D eigenvalue weighted by atomic mass is 9.86. The van der Waals surface area contributed by atoms with Crippen molar-refractivity contribution < 1.29 is 18.3 Å². The quantitative estimate of drug-likeness (QED) is 0.880. The van der Waals surface area contributed by atoms with Gasteiger partial charge in [0.15, 0.2) is 0 Å². The standard InChI is InChI=1S/C17H26F2N4O2/c1-11-8-15-20-13(9-14(17(18)19)23(15)21-11)12-4-3-6-22(10-12)16(24)5-7-25-2/h8,12-14,17,20H,3-7,9-10H2,1-2H3/t12?,13-,14+/m0/s1. The van der Waals surface area contributed by atoms with Gasteiger partial charge in [-0.25, -0.2) is 13.5 Å². The number of amides is 1. The van der Waals surface area contributed by atoms with Crippen LogP contribution < -0.4 is 5.32 Å². The number of aromatic nitrogens is 2. The molecule has 6 nitrogen and oxygen atoms in total. The molecular weight excluding hydrogens is 330 g/mol. The second-order valence-corrected chi connectivity index (χ2v) is 6.99. The predicted octanol–water partition coefficient (Wildman–Crippen LogP) is 2.46. The van der Waals surface area contributed by atoms with Crippen LogP contribution >= 0.6 is 0 Å². The van der Waals surface area contributed by atoms with E-state index < -0.39 is 12.5 Å². The summed E-state index contributed by atoms with van der Waals surface area (Å²) < 4.78 is 33.4. The van der Waals surface area contributed by atoms with Crippen molar-refractivity contribution in [3.05, 3.63) is 11.8 Å². The van der Waals surface area contributed by atoms with Crippen LogP contribution in [0, 0.1) is 12.8 Å². The molecule has 1 aromatic rings. The topological polar surface area (TPSA) is 59.4 Å². The van der Waals surface area contributed by atoms with Gasteiger partial charge < -0.3 is 15.0 Å². The maximum absolute atomic E-state index is 13.5. The monoisotopic (exact) mass is 356 g/mol. The van der Waals surface area contributed by atoms with Crippen LogP contribution in [-0.4, -0.2) is 59.9 Å². The van der Waals surface area contributed by atoms with Crippen molar-refractivity contribution in [3.8, 4) is 0 Å². The van der Waals surface area contributed by atoms with Crippen molar-refractivity contribution in [1.82, 2.24) is 14.7 Å². The Kier molecular flexibility index (Phi) is 5.56. The number of hydrogen-bond acceptors (Lipinski definition) is 4. The van der Waals surface area contributed by atoms with E-state index in [1.54, 1.807) is 14.0 Å². The Hall–Kier alpha value is -1.70. The highest BCUT2D eigenvalue weighted by Gasteiger charge is 2.38. The lowest BCUT2D eigenvalue weighted by Crippen LogP contribution is -2.48. The minimum atomic E-state index is -2.45. The number of nitrogens with one attached hydrogen (secondary N) is 1. The second kappa shape index (κ2) is 7.68. The number of rotatable bonds is 5. The third-order valence-corrected chi connectivity index (χ3v) is 5.19. The van der Waals surface area contributed by atoms with Crippen molar-refractivity contribution >= 4 is 11.7 Å². The van der Waals surface area contributed by atoms with E-state index in [2.05, 4.69) is 10.4 Å². The first-order valence-electron chi connectivity index (χ1n) is 8.87. The van der Waals surface area contributed by atoms with Gasteiger partial charge in [-0.1, -0.05) is 0 Å². The molecule has 25 heavy (non-hydrogen) atoms. The van der Waals surface area contributed by atoms with Crippen molar-refractivity contribution in [3.63, 3.8) is 0 Å². The first kappa shape index (κ1) is 18.1. The summed E-state index contributed by atoms with van der Waals surface area (Å²) in [7, 11) is 1.58. The van der Waals surface area contributed by atoms with Crippen molar-refractivity contribution in [2.24, 2.45) is 5.92 Å². The van der Waals surface area contributed by atoms with Crippen LogP contribution in [0.3, 0.4) is 0 Å². The van der Waals surface area contributed by atoms with Crippen molar-refractivity contribution in [2.45, 2.75) is 51.1 Å². The molecule has 1 fully saturated rings. The zero-order valence-corrected chi connectivity index (χ0v) is 14.8. The Balaban J connectivity index is 1.70. The Morgan fingerprint density at radius 1 is 1.52 bits per heavy atom. The number of methoxy groups -OCH3 is 1. The minimum absolute atomic E-state index is 0.0689. The highest BCUT2D eigenvalue weighted by Crippen LogP contribution is 2.36. The van der Waals surface area contributed by atoms with E-state index in [0.29, 0.717) is 31.8 Å². The van der Waals surface area contributed by atoms with Crippen LogP contribution in [0.2, 0.25) is 0 Å². The Morgan fingerprint density at radius 2 is 2.32 bits per heavy atom. The molecule has 0 aromatic carbocycles. The van der Waals surface area contributed by atoms with Gasteiger partial charge in [0.25, 0.3) is 6.43 Å². The normalized spacial score (nSPS) is 26.4. The summed E-state index contributed by atoms with van der Waals surface area (Å²) in [4.78, 5) is 14.1. The van der Waals surface area contributed by atoms with E-state index in [1.165, 1.54) is 4.68 Å². The fourth-order valence-electron chi connectivity index (χ4n) is 3.92. The third-order valence-electron chi connectivity index (χ3n) is 5.19. The third kappa shape index (κ3) is 3.94. The molecule has 140 valence electrons. The average Bonchev–Trinajstić information content (AvgIpc) is 2.98. The first-order valence-corrected chi connectivity index (χ1v) is 8.87. The maximum atomic E-state index is 13.5. The van der Waals surface area contributed by atoms with Crippen LogP contribution in [0.15, 0.2) is 6.07 Å². The zero-order valence-electron chi connectivity index (χ0n) is 14.8. The summed E-state index contributed by atoms with van der Waals surface area (Å²) in [5.74, 6) is 0.904. The molecule has 0 radical (unpaired) electrons. The molecule has 3 rings (SSSR count). The van der Waals surface area contributed by atoms with Gasteiger partial charge in [0.05, 0.1) is 18.7 Å². The number of ether oxygens (including phenoxy) is 1. The fraction of sp³-hybridized carbons (Fsp3) is 0.765. The van der Waals surface area contributed by atoms with Gasteiger partial charge in [-0.05, 0) is 32.1 Å². The van der Waals surface area contributed by atoms with Crippen molar-refractivity contribution in [2.75, 3.05) is 32.1 Å². The molecule has 0 bridgehead atoms. The molecule has 1 saturated heterocycles. The number of hydrogen-bond donors (Lipinski definition) is 1. The van der Waals surface area contributed by atoms with Crippen LogP contribution in [0.1, 0.15) is 37.4 Å². The van der Waals surface area contributed by atoms with Crippen LogP contribution in [0.25, 0.3) is 0 Å². The summed E-state index contributed by atoms with van der Waals surface area (Å²) in [6, 6.07) is 0.835. The summed E-state index contributed by atoms with van der Waals surface area (Å²) in [6.45, 7) is 3.57. The highest BCUT2D eigenvalue weighted by atomic mass is 19.3. The number of carbonyl (C=O) groups is 1. The smallest absolute Gasteiger partial charge is 0.260 e. The van der Waals surface area contributed by atoms with E-state index in [4.69, 9.17) is 4.74 Å². The van der Waals surface area contributed by atoms with Gasteiger partial charge in [-0.15, -0.1) is 0 Å². The molecular formula is C17H26F2N4O2. The summed E-state index contributed by atoms with van der Waals surface area (Å²) in [5, 5.41) is 7.59. The molecule has 2 aliphatic heterocycles. The van der Waals surface area contributed by atoms with Crippen LogP contribution in [0.5, 0.6) is 0 Å². The molecule has 1 aromatic heterocycles. The molecule has 1 amide bonds. The van der Waals surface area contributed by atoms with Crippen LogP contribution in [-0.2, 0) is 9.53 Å². The van der Waals surface area contributed by atoms with Gasteiger partial charge in [0.2, 0.25) is 5.91 Å². The fourth-order valence-corrected chi connectivity index (χ4v) is 3.92. The van der Waals surface area contributed by atoms with E-state index >= 15 is 0 Å². The van der Waals surface area contributed by atoms with Crippen molar-refractivity contribution in [1.29, 1.82) is 0 Å². The number of anilines is 1. The minimum Gasteiger partial charge on any atom is -0.384 e. The van der Waals surface area contributed by atoms with E-state index in [-0.39, 0.29) is 17.9 Å². The molecule has 1 unspecified atom stereocenters. The number of carbonyl (C=O) groups excluding carboxylic acids is 1. The van der Waals surface area contributed by atoms with Gasteiger partial charge in [-0.2, -0.15) is 5.10 Å². The van der Waals surface area contributed by atoms with E-state index in [1.807, 2.05) is 11.0 Å². The number of aryl methyl sites for hydroxylation is 1. The SMILES string of the molecule is COCCC(=O)N1CCCC([C@@H]2C[C@H](C(F)F)n3nc(C)cc3N2)C1. The second-order valence-electron chi connectivity index (χ2n) is 6.99.